The van der Waals surface area contributed by atoms with Crippen LogP contribution in [-0.4, -0.2) is 33.1 Å². The summed E-state index contributed by atoms with van der Waals surface area (Å²) in [5, 5.41) is 3.59. The predicted octanol–water partition coefficient (Wildman–Crippen LogP) is 5.99. The van der Waals surface area contributed by atoms with E-state index in [1.807, 2.05) is 30.3 Å². The molecule has 3 aromatic heterocycles. The monoisotopic (exact) mass is 469 g/mol. The molecule has 1 saturated carbocycles. The summed E-state index contributed by atoms with van der Waals surface area (Å²) in [7, 11) is 1.73. The average Bonchev–Trinajstić information content (AvgIpc) is 3.67. The van der Waals surface area contributed by atoms with Crippen LogP contribution >= 0.6 is 0 Å². The van der Waals surface area contributed by atoms with E-state index < -0.39 is 5.95 Å². The fourth-order valence-electron chi connectivity index (χ4n) is 4.75. The van der Waals surface area contributed by atoms with Crippen LogP contribution < -0.4 is 10.1 Å². The van der Waals surface area contributed by atoms with Crippen molar-refractivity contribution in [3.8, 4) is 28.3 Å². The van der Waals surface area contributed by atoms with Crippen molar-refractivity contribution < 1.29 is 9.13 Å². The number of nitrogens with one attached hydrogen (secondary N) is 1. The van der Waals surface area contributed by atoms with E-state index in [0.29, 0.717) is 35.1 Å². The Bertz CT molecular complexity index is 1330. The molecule has 0 amide bonds. The first-order chi connectivity index (χ1) is 17.0. The van der Waals surface area contributed by atoms with Gasteiger partial charge in [0, 0.05) is 41.7 Å². The van der Waals surface area contributed by atoms with Gasteiger partial charge in [0.15, 0.2) is 0 Å². The number of nitrogens with zero attached hydrogens (tertiary/aromatic N) is 4. The number of hydrogen-bond acceptors (Lipinski definition) is 6. The van der Waals surface area contributed by atoms with Crippen LogP contribution in [0.15, 0.2) is 73.3 Å². The second-order valence-corrected chi connectivity index (χ2v) is 9.13. The topological polar surface area (TPSA) is 72.8 Å². The van der Waals surface area contributed by atoms with Crippen LogP contribution in [0, 0.1) is 17.8 Å². The van der Waals surface area contributed by atoms with Gasteiger partial charge >= 0.3 is 0 Å². The zero-order valence-electron chi connectivity index (χ0n) is 20.0. The Morgan fingerprint density at radius 1 is 0.914 bits per heavy atom. The number of halogens is 1. The smallest absolute Gasteiger partial charge is 0.213 e. The first kappa shape index (κ1) is 22.9. The van der Waals surface area contributed by atoms with Gasteiger partial charge in [-0.05, 0) is 54.0 Å². The molecular weight excluding hydrogens is 441 g/mol. The number of para-hydroxylation sites is 1. The molecule has 3 unspecified atom stereocenters. The summed E-state index contributed by atoms with van der Waals surface area (Å²) in [6.45, 7) is 4.59. The molecule has 0 radical (unpaired) electrons. The molecule has 1 aromatic carbocycles. The number of aromatic nitrogens is 4. The molecule has 1 N–H and O–H groups in total. The fourth-order valence-corrected chi connectivity index (χ4v) is 4.75. The maximum absolute atomic E-state index is 13.6. The molecule has 0 bridgehead atoms. The van der Waals surface area contributed by atoms with Gasteiger partial charge < -0.3 is 10.1 Å². The molecule has 4 aromatic rings. The molecule has 1 aliphatic rings. The lowest BCUT2D eigenvalue weighted by molar-refractivity contribution is 0.381. The van der Waals surface area contributed by atoms with Crippen molar-refractivity contribution in [2.75, 3.05) is 12.4 Å². The van der Waals surface area contributed by atoms with Gasteiger partial charge in [-0.25, -0.2) is 15.0 Å². The van der Waals surface area contributed by atoms with Gasteiger partial charge in [-0.15, -0.1) is 0 Å². The minimum atomic E-state index is -0.531. The Morgan fingerprint density at radius 2 is 1.66 bits per heavy atom. The van der Waals surface area contributed by atoms with E-state index in [2.05, 4.69) is 51.2 Å². The predicted molar refractivity (Wildman–Crippen MR) is 135 cm³/mol. The Balaban J connectivity index is 1.28. The normalized spacial score (nSPS) is 18.5. The van der Waals surface area contributed by atoms with Crippen molar-refractivity contribution in [1.29, 1.82) is 0 Å². The third kappa shape index (κ3) is 4.99. The second-order valence-electron chi connectivity index (χ2n) is 9.13. The third-order valence-corrected chi connectivity index (χ3v) is 7.01. The number of rotatable bonds is 8. The summed E-state index contributed by atoms with van der Waals surface area (Å²) in [5.41, 5.74) is 4.26. The molecule has 4 atom stereocenters. The number of ether oxygens (including phenoxy) is 1. The number of benzene rings is 1. The minimum absolute atomic E-state index is 0.373. The number of hydrogen-bond donors (Lipinski definition) is 1. The van der Waals surface area contributed by atoms with E-state index in [-0.39, 0.29) is 0 Å². The first-order valence-electron chi connectivity index (χ1n) is 11.8. The number of methoxy groups -OCH3 is 1. The van der Waals surface area contributed by atoms with Gasteiger partial charge in [-0.1, -0.05) is 32.0 Å². The van der Waals surface area contributed by atoms with E-state index in [1.54, 1.807) is 25.7 Å². The average molecular weight is 470 g/mol. The summed E-state index contributed by atoms with van der Waals surface area (Å²) in [6, 6.07) is 17.5. The highest BCUT2D eigenvalue weighted by atomic mass is 19.1. The molecule has 5 rings (SSSR count). The van der Waals surface area contributed by atoms with Crippen LogP contribution in [-0.2, 0) is 0 Å². The van der Waals surface area contributed by atoms with Gasteiger partial charge in [0.05, 0.1) is 18.5 Å². The summed E-state index contributed by atoms with van der Waals surface area (Å²) in [6.07, 6.45) is 5.82. The summed E-state index contributed by atoms with van der Waals surface area (Å²) in [5.74, 6) is 2.65. The molecule has 7 heteroatoms. The van der Waals surface area contributed by atoms with Crippen molar-refractivity contribution in [2.45, 2.75) is 32.2 Å². The molecule has 3 heterocycles. The van der Waals surface area contributed by atoms with Crippen molar-refractivity contribution in [2.24, 2.45) is 11.8 Å². The zero-order chi connectivity index (χ0) is 24.4. The van der Waals surface area contributed by atoms with E-state index in [9.17, 15) is 4.39 Å². The molecule has 6 nitrogen and oxygen atoms in total. The van der Waals surface area contributed by atoms with Crippen molar-refractivity contribution in [3.05, 3.63) is 84.8 Å². The molecule has 178 valence electrons. The lowest BCUT2D eigenvalue weighted by Gasteiger charge is -2.22. The Labute approximate surface area is 204 Å². The van der Waals surface area contributed by atoms with Crippen LogP contribution in [0.25, 0.3) is 22.5 Å². The van der Waals surface area contributed by atoms with Gasteiger partial charge in [0.1, 0.15) is 17.9 Å². The number of pyridine rings is 2. The SMILES string of the molecule is COc1ccccc1C(C)[C@H](C)C1CC1Nc1cc(-c2ccnc(-c3ccnc(F)c3)c2)ncn1. The Kier molecular flexibility index (Phi) is 6.40. The Hall–Kier alpha value is -3.87. The lowest BCUT2D eigenvalue weighted by atomic mass is 9.85. The highest BCUT2D eigenvalue weighted by Crippen LogP contribution is 2.46. The van der Waals surface area contributed by atoms with Crippen LogP contribution in [0.5, 0.6) is 5.75 Å². The molecule has 0 saturated heterocycles. The molecule has 0 aliphatic heterocycles. The highest BCUT2D eigenvalue weighted by molar-refractivity contribution is 5.69. The van der Waals surface area contributed by atoms with Crippen LogP contribution in [0.2, 0.25) is 0 Å². The van der Waals surface area contributed by atoms with E-state index >= 15 is 0 Å². The van der Waals surface area contributed by atoms with Crippen molar-refractivity contribution in [3.63, 3.8) is 0 Å². The highest BCUT2D eigenvalue weighted by Gasteiger charge is 2.43. The number of anilines is 1. The van der Waals surface area contributed by atoms with Crippen molar-refractivity contribution >= 4 is 5.82 Å². The zero-order valence-corrected chi connectivity index (χ0v) is 20.0. The molecular formula is C28H28FN5O. The molecule has 35 heavy (non-hydrogen) atoms. The largest absolute Gasteiger partial charge is 0.496 e. The lowest BCUT2D eigenvalue weighted by Crippen LogP contribution is -2.15. The van der Waals surface area contributed by atoms with Gasteiger partial charge in [-0.3, -0.25) is 4.98 Å². The van der Waals surface area contributed by atoms with E-state index in [1.165, 1.54) is 17.8 Å². The van der Waals surface area contributed by atoms with Gasteiger partial charge in [0.25, 0.3) is 0 Å². The maximum atomic E-state index is 13.6. The minimum Gasteiger partial charge on any atom is -0.496 e. The summed E-state index contributed by atoms with van der Waals surface area (Å²) in [4.78, 5) is 16.9. The standard InChI is InChI=1S/C28H28FN5O/c1-17(21-6-4-5-7-26(21)35-3)18(2)22-14-25(22)34-28-15-24(32-16-33-28)19-8-10-30-23(12-19)20-9-11-31-27(29)13-20/h4-13,15-18,22,25H,14H2,1-3H3,(H,32,33,34)/t17?,18-,22?,25?/m0/s1. The van der Waals surface area contributed by atoms with Crippen LogP contribution in [0.1, 0.15) is 31.7 Å². The van der Waals surface area contributed by atoms with Crippen LogP contribution in [0.3, 0.4) is 0 Å². The maximum Gasteiger partial charge on any atom is 0.213 e. The molecule has 0 spiro atoms. The second kappa shape index (κ2) is 9.78. The first-order valence-corrected chi connectivity index (χ1v) is 11.8. The van der Waals surface area contributed by atoms with Crippen LogP contribution in [0.4, 0.5) is 10.2 Å². The van der Waals surface area contributed by atoms with E-state index in [0.717, 1.165) is 29.2 Å². The van der Waals surface area contributed by atoms with Gasteiger partial charge in [0.2, 0.25) is 5.95 Å². The van der Waals surface area contributed by atoms with Gasteiger partial charge in [-0.2, -0.15) is 4.39 Å². The molecule has 1 fully saturated rings. The fraction of sp³-hybridized carbons (Fsp3) is 0.286. The summed E-state index contributed by atoms with van der Waals surface area (Å²) >= 11 is 0. The Morgan fingerprint density at radius 3 is 2.46 bits per heavy atom. The quantitative estimate of drug-likeness (QED) is 0.320. The van der Waals surface area contributed by atoms with Crippen molar-refractivity contribution in [1.82, 2.24) is 19.9 Å². The van der Waals surface area contributed by atoms with E-state index in [4.69, 9.17) is 4.74 Å². The summed E-state index contributed by atoms with van der Waals surface area (Å²) < 4.78 is 19.1. The third-order valence-electron chi connectivity index (χ3n) is 7.01. The molecule has 1 aliphatic carbocycles.